The van der Waals surface area contributed by atoms with E-state index in [9.17, 15) is 10.1 Å². The molecule has 5 heteroatoms. The number of aryl methyl sites for hydroxylation is 1. The van der Waals surface area contributed by atoms with E-state index in [1.54, 1.807) is 12.1 Å². The zero-order chi connectivity index (χ0) is 10.7. The Hall–Kier alpha value is -1.46. The van der Waals surface area contributed by atoms with Crippen LogP contribution in [0.5, 0.6) is 0 Å². The Labute approximate surface area is 81.3 Å². The highest BCUT2D eigenvalue weighted by Crippen LogP contribution is 2.24. The van der Waals surface area contributed by atoms with Gasteiger partial charge in [-0.2, -0.15) is 0 Å². The molecular weight excluding hydrogens is 184 g/mol. The molecule has 0 saturated heterocycles. The van der Waals surface area contributed by atoms with Crippen LogP contribution in [0.3, 0.4) is 0 Å². The van der Waals surface area contributed by atoms with Crippen LogP contribution < -0.4 is 5.73 Å². The highest BCUT2D eigenvalue weighted by atomic mass is 16.6. The Kier molecular flexibility index (Phi) is 3.16. The summed E-state index contributed by atoms with van der Waals surface area (Å²) < 4.78 is 0. The Balaban J connectivity index is 3.22. The van der Waals surface area contributed by atoms with Crippen molar-refractivity contribution in [2.75, 3.05) is 6.61 Å². The second kappa shape index (κ2) is 4.17. The first-order chi connectivity index (χ1) is 6.56. The van der Waals surface area contributed by atoms with Crippen LogP contribution in [0.25, 0.3) is 0 Å². The van der Waals surface area contributed by atoms with Gasteiger partial charge in [-0.3, -0.25) is 10.1 Å². The molecule has 76 valence electrons. The first-order valence-electron chi connectivity index (χ1n) is 4.17. The van der Waals surface area contributed by atoms with Crippen LogP contribution in [0.4, 0.5) is 5.69 Å². The van der Waals surface area contributed by atoms with Crippen molar-refractivity contribution in [1.29, 1.82) is 0 Å². The molecule has 0 aliphatic carbocycles. The SMILES string of the molecule is Cc1ccc([N+](=O)[O-])c([C@@H](N)CO)c1. The summed E-state index contributed by atoms with van der Waals surface area (Å²) in [6.45, 7) is 1.52. The van der Waals surface area contributed by atoms with E-state index in [1.807, 2.05) is 6.92 Å². The van der Waals surface area contributed by atoms with Gasteiger partial charge in [0, 0.05) is 11.6 Å². The van der Waals surface area contributed by atoms with Gasteiger partial charge in [-0.1, -0.05) is 11.6 Å². The van der Waals surface area contributed by atoms with Crippen LogP contribution in [0, 0.1) is 17.0 Å². The number of nitrogens with zero attached hydrogens (tertiary/aromatic N) is 1. The van der Waals surface area contributed by atoms with E-state index in [-0.39, 0.29) is 12.3 Å². The van der Waals surface area contributed by atoms with Gasteiger partial charge in [0.2, 0.25) is 0 Å². The maximum absolute atomic E-state index is 10.6. The van der Waals surface area contributed by atoms with E-state index in [0.717, 1.165) is 5.56 Å². The van der Waals surface area contributed by atoms with E-state index in [2.05, 4.69) is 0 Å². The molecule has 0 heterocycles. The number of nitrogens with two attached hydrogens (primary N) is 1. The number of hydrogen-bond acceptors (Lipinski definition) is 4. The number of hydrogen-bond donors (Lipinski definition) is 2. The molecule has 0 aliphatic rings. The monoisotopic (exact) mass is 196 g/mol. The van der Waals surface area contributed by atoms with Crippen molar-refractivity contribution in [3.8, 4) is 0 Å². The Bertz CT molecular complexity index is 352. The van der Waals surface area contributed by atoms with Crippen LogP contribution in [-0.4, -0.2) is 16.6 Å². The van der Waals surface area contributed by atoms with Crippen molar-refractivity contribution in [2.24, 2.45) is 5.73 Å². The van der Waals surface area contributed by atoms with Gasteiger partial charge in [-0.25, -0.2) is 0 Å². The third kappa shape index (κ3) is 2.07. The fraction of sp³-hybridized carbons (Fsp3) is 0.333. The van der Waals surface area contributed by atoms with Crippen molar-refractivity contribution >= 4 is 5.69 Å². The molecular formula is C9H12N2O3. The molecule has 0 aromatic heterocycles. The minimum Gasteiger partial charge on any atom is -0.394 e. The molecule has 0 amide bonds. The zero-order valence-corrected chi connectivity index (χ0v) is 7.80. The number of benzene rings is 1. The molecule has 0 fully saturated rings. The molecule has 3 N–H and O–H groups in total. The second-order valence-electron chi connectivity index (χ2n) is 3.11. The smallest absolute Gasteiger partial charge is 0.274 e. The lowest BCUT2D eigenvalue weighted by Crippen LogP contribution is -2.16. The first-order valence-corrected chi connectivity index (χ1v) is 4.17. The second-order valence-corrected chi connectivity index (χ2v) is 3.11. The summed E-state index contributed by atoms with van der Waals surface area (Å²) in [4.78, 5) is 10.1. The minimum atomic E-state index is -0.699. The normalized spacial score (nSPS) is 12.5. The molecule has 1 rings (SSSR count). The van der Waals surface area contributed by atoms with Crippen molar-refractivity contribution < 1.29 is 10.0 Å². The van der Waals surface area contributed by atoms with Gasteiger partial charge < -0.3 is 10.8 Å². The molecule has 1 aromatic rings. The number of aliphatic hydroxyl groups excluding tert-OH is 1. The molecule has 0 saturated carbocycles. The van der Waals surface area contributed by atoms with Crippen LogP contribution in [0.1, 0.15) is 17.2 Å². The van der Waals surface area contributed by atoms with Crippen molar-refractivity contribution in [3.05, 3.63) is 39.4 Å². The van der Waals surface area contributed by atoms with E-state index in [1.165, 1.54) is 6.07 Å². The molecule has 0 aliphatic heterocycles. The fourth-order valence-electron chi connectivity index (χ4n) is 1.24. The largest absolute Gasteiger partial charge is 0.394 e. The summed E-state index contributed by atoms with van der Waals surface area (Å²) in [7, 11) is 0. The van der Waals surface area contributed by atoms with Gasteiger partial charge in [0.05, 0.1) is 17.6 Å². The Morgan fingerprint density at radius 2 is 2.29 bits per heavy atom. The predicted octanol–water partition coefficient (Wildman–Crippen LogP) is 0.895. The van der Waals surface area contributed by atoms with Crippen LogP contribution in [0.15, 0.2) is 18.2 Å². The molecule has 14 heavy (non-hydrogen) atoms. The average molecular weight is 196 g/mol. The molecule has 0 spiro atoms. The van der Waals surface area contributed by atoms with E-state index >= 15 is 0 Å². The van der Waals surface area contributed by atoms with E-state index in [4.69, 9.17) is 10.8 Å². The van der Waals surface area contributed by atoms with Crippen LogP contribution >= 0.6 is 0 Å². The standard InChI is InChI=1S/C9H12N2O3/c1-6-2-3-9(11(13)14)7(4-6)8(10)5-12/h2-4,8,12H,5,10H2,1H3/t8-/m0/s1. The Morgan fingerprint density at radius 1 is 1.64 bits per heavy atom. The highest BCUT2D eigenvalue weighted by molar-refractivity contribution is 5.44. The summed E-state index contributed by atoms with van der Waals surface area (Å²) in [6.07, 6.45) is 0. The van der Waals surface area contributed by atoms with Crippen LogP contribution in [0.2, 0.25) is 0 Å². The molecule has 1 aromatic carbocycles. The van der Waals surface area contributed by atoms with E-state index < -0.39 is 11.0 Å². The van der Waals surface area contributed by atoms with E-state index in [0.29, 0.717) is 5.56 Å². The molecule has 1 atom stereocenters. The van der Waals surface area contributed by atoms with Crippen molar-refractivity contribution in [3.63, 3.8) is 0 Å². The topological polar surface area (TPSA) is 89.4 Å². The average Bonchev–Trinajstić information content (AvgIpc) is 2.16. The number of aliphatic hydroxyl groups is 1. The molecule has 0 unspecified atom stereocenters. The molecule has 0 radical (unpaired) electrons. The minimum absolute atomic E-state index is 0.0443. The third-order valence-corrected chi connectivity index (χ3v) is 1.98. The van der Waals surface area contributed by atoms with Crippen molar-refractivity contribution in [2.45, 2.75) is 13.0 Å². The summed E-state index contributed by atoms with van der Waals surface area (Å²) in [5, 5.41) is 19.5. The predicted molar refractivity (Wildman–Crippen MR) is 51.8 cm³/mol. The molecule has 5 nitrogen and oxygen atoms in total. The lowest BCUT2D eigenvalue weighted by molar-refractivity contribution is -0.385. The zero-order valence-electron chi connectivity index (χ0n) is 7.80. The lowest BCUT2D eigenvalue weighted by Gasteiger charge is -2.09. The van der Waals surface area contributed by atoms with Crippen LogP contribution in [-0.2, 0) is 0 Å². The van der Waals surface area contributed by atoms with Gasteiger partial charge in [-0.05, 0) is 13.0 Å². The van der Waals surface area contributed by atoms with Gasteiger partial charge in [-0.15, -0.1) is 0 Å². The van der Waals surface area contributed by atoms with Gasteiger partial charge >= 0.3 is 0 Å². The third-order valence-electron chi connectivity index (χ3n) is 1.98. The summed E-state index contributed by atoms with van der Waals surface area (Å²) in [5.41, 5.74) is 6.76. The number of nitro groups is 1. The summed E-state index contributed by atoms with van der Waals surface area (Å²) >= 11 is 0. The Morgan fingerprint density at radius 3 is 2.79 bits per heavy atom. The lowest BCUT2D eigenvalue weighted by atomic mass is 10.0. The first kappa shape index (κ1) is 10.6. The highest BCUT2D eigenvalue weighted by Gasteiger charge is 2.18. The quantitative estimate of drug-likeness (QED) is 0.555. The molecule has 0 bridgehead atoms. The maximum atomic E-state index is 10.6. The maximum Gasteiger partial charge on any atom is 0.274 e. The fourth-order valence-corrected chi connectivity index (χ4v) is 1.24. The van der Waals surface area contributed by atoms with Gasteiger partial charge in [0.15, 0.2) is 0 Å². The number of nitro benzene ring substituents is 1. The van der Waals surface area contributed by atoms with Gasteiger partial charge in [0.25, 0.3) is 5.69 Å². The summed E-state index contributed by atoms with van der Waals surface area (Å²) in [5.74, 6) is 0. The van der Waals surface area contributed by atoms with Crippen molar-refractivity contribution in [1.82, 2.24) is 0 Å². The summed E-state index contributed by atoms with van der Waals surface area (Å²) in [6, 6.07) is 3.97. The number of rotatable bonds is 3. The van der Waals surface area contributed by atoms with Gasteiger partial charge in [0.1, 0.15) is 0 Å².